The molecule has 3 aromatic rings. The Bertz CT molecular complexity index is 1320. The number of hydrogen-bond acceptors (Lipinski definition) is 8. The summed E-state index contributed by atoms with van der Waals surface area (Å²) in [6, 6.07) is 13.1. The fraction of sp³-hybridized carbons (Fsp3) is 0.154. The predicted molar refractivity (Wildman–Crippen MR) is 126 cm³/mol. The predicted octanol–water partition coefficient (Wildman–Crippen LogP) is 3.96. The lowest BCUT2D eigenvalue weighted by Crippen LogP contribution is -2.29. The van der Waals surface area contributed by atoms with Crippen molar-refractivity contribution < 1.29 is 33.5 Å². The van der Waals surface area contributed by atoms with Gasteiger partial charge >= 0.3 is 11.9 Å². The number of aryl methyl sites for hydroxylation is 1. The van der Waals surface area contributed by atoms with Crippen LogP contribution in [0.4, 0.5) is 5.82 Å². The third-order valence-electron chi connectivity index (χ3n) is 5.45. The molecule has 178 valence electrons. The number of benzene rings is 2. The van der Waals surface area contributed by atoms with Gasteiger partial charge in [-0.2, -0.15) is 0 Å². The molecule has 1 saturated heterocycles. The van der Waals surface area contributed by atoms with Crippen LogP contribution in [0, 0.1) is 6.92 Å². The van der Waals surface area contributed by atoms with Gasteiger partial charge in [0.15, 0.2) is 5.82 Å². The maximum atomic E-state index is 13.1. The van der Waals surface area contributed by atoms with Crippen molar-refractivity contribution in [1.29, 1.82) is 0 Å². The highest BCUT2D eigenvalue weighted by atomic mass is 16.5. The first-order valence-electron chi connectivity index (χ1n) is 10.6. The lowest BCUT2D eigenvalue weighted by Gasteiger charge is -2.23. The van der Waals surface area contributed by atoms with Crippen molar-refractivity contribution in [2.45, 2.75) is 13.0 Å². The standard InChI is InChI=1S/C26H22N2O7/c1-4-13-34-19-11-9-17(10-12-19)23(29)21-22(16-5-7-18(8-6-16)26(32)33-3)28(25(31)24(21)30)20-14-15(2)35-27-20/h4-12,14,22,29H,1,13H2,2-3H3/t22-/m0/s1. The number of amides is 1. The minimum atomic E-state index is -1.01. The molecular weight excluding hydrogens is 452 g/mol. The summed E-state index contributed by atoms with van der Waals surface area (Å²) in [4.78, 5) is 39.3. The number of aromatic nitrogens is 1. The Morgan fingerprint density at radius 2 is 1.80 bits per heavy atom. The molecule has 1 atom stereocenters. The number of aliphatic hydroxyl groups is 1. The summed E-state index contributed by atoms with van der Waals surface area (Å²) in [5, 5.41) is 15.1. The van der Waals surface area contributed by atoms with Gasteiger partial charge in [-0.3, -0.25) is 14.5 Å². The smallest absolute Gasteiger partial charge is 0.337 e. The van der Waals surface area contributed by atoms with Crippen molar-refractivity contribution in [3.05, 3.63) is 95.3 Å². The van der Waals surface area contributed by atoms with Crippen LogP contribution in [0.25, 0.3) is 5.76 Å². The molecule has 0 bridgehead atoms. The molecule has 9 nitrogen and oxygen atoms in total. The highest BCUT2D eigenvalue weighted by Crippen LogP contribution is 2.42. The molecule has 2 aromatic carbocycles. The summed E-state index contributed by atoms with van der Waals surface area (Å²) >= 11 is 0. The molecule has 4 rings (SSSR count). The number of Topliss-reactive ketones (excluding diaryl/α,β-unsaturated/α-hetero) is 1. The third kappa shape index (κ3) is 4.43. The second kappa shape index (κ2) is 9.68. The Hall–Kier alpha value is -4.66. The van der Waals surface area contributed by atoms with E-state index in [-0.39, 0.29) is 17.2 Å². The monoisotopic (exact) mass is 474 g/mol. The average molecular weight is 474 g/mol. The molecule has 1 aliphatic rings. The van der Waals surface area contributed by atoms with Gasteiger partial charge in [-0.15, -0.1) is 0 Å². The average Bonchev–Trinajstić information content (AvgIpc) is 3.42. The van der Waals surface area contributed by atoms with E-state index < -0.39 is 23.7 Å². The van der Waals surface area contributed by atoms with E-state index in [4.69, 9.17) is 14.0 Å². The van der Waals surface area contributed by atoms with E-state index in [2.05, 4.69) is 11.7 Å². The van der Waals surface area contributed by atoms with Gasteiger partial charge in [0, 0.05) is 11.6 Å². The van der Waals surface area contributed by atoms with Gasteiger partial charge in [-0.05, 0) is 48.9 Å². The van der Waals surface area contributed by atoms with Gasteiger partial charge in [-0.25, -0.2) is 4.79 Å². The molecule has 1 amide bonds. The van der Waals surface area contributed by atoms with Crippen LogP contribution in [0.3, 0.4) is 0 Å². The summed E-state index contributed by atoms with van der Waals surface area (Å²) < 4.78 is 15.3. The van der Waals surface area contributed by atoms with Gasteiger partial charge in [0.05, 0.1) is 24.3 Å². The van der Waals surface area contributed by atoms with E-state index >= 15 is 0 Å². The number of nitrogens with zero attached hydrogens (tertiary/aromatic N) is 2. The molecule has 1 aliphatic heterocycles. The molecule has 1 aromatic heterocycles. The summed E-state index contributed by atoms with van der Waals surface area (Å²) in [6.45, 7) is 5.57. The quantitative estimate of drug-likeness (QED) is 0.180. The van der Waals surface area contributed by atoms with Crippen molar-refractivity contribution in [2.75, 3.05) is 18.6 Å². The van der Waals surface area contributed by atoms with Crippen LogP contribution >= 0.6 is 0 Å². The molecular formula is C26H22N2O7. The Kier molecular flexibility index (Phi) is 6.50. The van der Waals surface area contributed by atoms with E-state index in [1.807, 2.05) is 0 Å². The molecule has 0 saturated carbocycles. The second-order valence-electron chi connectivity index (χ2n) is 7.70. The fourth-order valence-electron chi connectivity index (χ4n) is 3.79. The molecule has 0 aliphatic carbocycles. The van der Waals surface area contributed by atoms with Gasteiger partial charge in [0.2, 0.25) is 0 Å². The Morgan fingerprint density at radius 3 is 2.37 bits per heavy atom. The summed E-state index contributed by atoms with van der Waals surface area (Å²) in [6.07, 6.45) is 1.60. The largest absolute Gasteiger partial charge is 0.507 e. The number of rotatable bonds is 7. The van der Waals surface area contributed by atoms with Crippen LogP contribution in [0.2, 0.25) is 0 Å². The van der Waals surface area contributed by atoms with Crippen molar-refractivity contribution in [3.8, 4) is 5.75 Å². The Morgan fingerprint density at radius 1 is 1.14 bits per heavy atom. The SMILES string of the molecule is C=CCOc1ccc(C(O)=C2C(=O)C(=O)N(c3cc(C)on3)[C@H]2c2ccc(C(=O)OC)cc2)cc1. The maximum absolute atomic E-state index is 13.1. The fourth-order valence-corrected chi connectivity index (χ4v) is 3.79. The second-order valence-corrected chi connectivity index (χ2v) is 7.70. The third-order valence-corrected chi connectivity index (χ3v) is 5.45. The van der Waals surface area contributed by atoms with E-state index in [1.165, 1.54) is 30.2 Å². The lowest BCUT2D eigenvalue weighted by atomic mass is 9.94. The number of hydrogen-bond donors (Lipinski definition) is 1. The highest BCUT2D eigenvalue weighted by Gasteiger charge is 2.48. The topological polar surface area (TPSA) is 119 Å². The zero-order chi connectivity index (χ0) is 25.1. The molecule has 0 spiro atoms. The van der Waals surface area contributed by atoms with Crippen LogP contribution in [0.5, 0.6) is 5.75 Å². The Balaban J connectivity index is 1.83. The van der Waals surface area contributed by atoms with Crippen molar-refractivity contribution in [3.63, 3.8) is 0 Å². The number of anilines is 1. The van der Waals surface area contributed by atoms with Crippen LogP contribution in [-0.2, 0) is 14.3 Å². The van der Waals surface area contributed by atoms with Crippen LogP contribution in [-0.4, -0.2) is 41.6 Å². The van der Waals surface area contributed by atoms with E-state index in [1.54, 1.807) is 49.4 Å². The number of ether oxygens (including phenoxy) is 2. The minimum absolute atomic E-state index is 0.124. The first-order chi connectivity index (χ1) is 16.8. The first kappa shape index (κ1) is 23.5. The summed E-state index contributed by atoms with van der Waals surface area (Å²) in [5.74, 6) is -1.52. The zero-order valence-electron chi connectivity index (χ0n) is 19.1. The molecule has 0 radical (unpaired) electrons. The molecule has 9 heteroatoms. The molecule has 1 N–H and O–H groups in total. The van der Waals surface area contributed by atoms with Crippen LogP contribution < -0.4 is 9.64 Å². The van der Waals surface area contributed by atoms with E-state index in [0.29, 0.717) is 34.8 Å². The maximum Gasteiger partial charge on any atom is 0.337 e. The van der Waals surface area contributed by atoms with Crippen molar-refractivity contribution in [2.24, 2.45) is 0 Å². The van der Waals surface area contributed by atoms with E-state index in [0.717, 1.165) is 0 Å². The Labute approximate surface area is 200 Å². The lowest BCUT2D eigenvalue weighted by molar-refractivity contribution is -0.132. The van der Waals surface area contributed by atoms with Gasteiger partial charge in [0.25, 0.3) is 5.78 Å². The summed E-state index contributed by atoms with van der Waals surface area (Å²) in [5.41, 5.74) is 0.966. The number of carbonyl (C=O) groups is 3. The first-order valence-corrected chi connectivity index (χ1v) is 10.6. The molecule has 35 heavy (non-hydrogen) atoms. The number of aliphatic hydroxyl groups excluding tert-OH is 1. The van der Waals surface area contributed by atoms with Crippen LogP contribution in [0.1, 0.15) is 33.3 Å². The summed E-state index contributed by atoms with van der Waals surface area (Å²) in [7, 11) is 1.27. The number of carbonyl (C=O) groups excluding carboxylic acids is 3. The van der Waals surface area contributed by atoms with Crippen LogP contribution in [0.15, 0.2) is 77.3 Å². The molecule has 1 fully saturated rings. The highest BCUT2D eigenvalue weighted by molar-refractivity contribution is 6.51. The normalized spacial score (nSPS) is 16.9. The number of ketones is 1. The molecule has 2 heterocycles. The van der Waals surface area contributed by atoms with Gasteiger partial charge in [-0.1, -0.05) is 29.9 Å². The number of esters is 1. The zero-order valence-corrected chi connectivity index (χ0v) is 19.1. The van der Waals surface area contributed by atoms with Crippen molar-refractivity contribution in [1.82, 2.24) is 5.16 Å². The van der Waals surface area contributed by atoms with E-state index in [9.17, 15) is 19.5 Å². The molecule has 0 unspecified atom stereocenters. The van der Waals surface area contributed by atoms with Crippen molar-refractivity contribution >= 4 is 29.2 Å². The van der Waals surface area contributed by atoms with Gasteiger partial charge in [0.1, 0.15) is 23.9 Å². The van der Waals surface area contributed by atoms with Gasteiger partial charge < -0.3 is 19.1 Å². The number of methoxy groups -OCH3 is 1. The minimum Gasteiger partial charge on any atom is -0.507 e.